The van der Waals surface area contributed by atoms with E-state index in [-0.39, 0.29) is 22.9 Å². The van der Waals surface area contributed by atoms with Gasteiger partial charge in [-0.1, -0.05) is 36.6 Å². The fraction of sp³-hybridized carbons (Fsp3) is 0.407. The summed E-state index contributed by atoms with van der Waals surface area (Å²) in [5.41, 5.74) is 5.54. The summed E-state index contributed by atoms with van der Waals surface area (Å²) in [5.74, 6) is 0.551. The molecule has 1 atom stereocenters. The second-order valence-electron chi connectivity index (χ2n) is 9.51. The highest BCUT2D eigenvalue weighted by molar-refractivity contribution is 6.13. The molecule has 2 saturated carbocycles. The van der Waals surface area contributed by atoms with Gasteiger partial charge in [0.15, 0.2) is 5.82 Å². The molecule has 0 aliphatic heterocycles. The molecule has 3 rings (SSSR count). The number of hydrogen-bond acceptors (Lipinski definition) is 6. The van der Waals surface area contributed by atoms with E-state index in [1.54, 1.807) is 32.2 Å². The van der Waals surface area contributed by atoms with Crippen molar-refractivity contribution in [1.82, 2.24) is 20.7 Å². The minimum Gasteiger partial charge on any atom is -0.326 e. The third-order valence-corrected chi connectivity index (χ3v) is 6.02. The molecule has 0 bridgehead atoms. The molecule has 0 aromatic carbocycles. The van der Waals surface area contributed by atoms with Crippen molar-refractivity contribution in [1.29, 1.82) is 0 Å². The smallest absolute Gasteiger partial charge is 0.236 e. The van der Waals surface area contributed by atoms with Crippen molar-refractivity contribution < 1.29 is 15.2 Å². The van der Waals surface area contributed by atoms with Gasteiger partial charge in [0.1, 0.15) is 6.04 Å². The Morgan fingerprint density at radius 1 is 1.17 bits per heavy atom. The lowest BCUT2D eigenvalue weighted by atomic mass is 9.85. The van der Waals surface area contributed by atoms with Gasteiger partial charge in [-0.15, -0.1) is 0 Å². The molecular formula is C27H37N6O2+. The predicted octanol–water partition coefficient (Wildman–Crippen LogP) is 3.40. The highest BCUT2D eigenvalue weighted by Gasteiger charge is 2.35. The van der Waals surface area contributed by atoms with Crippen LogP contribution in [0.25, 0.3) is 5.57 Å². The van der Waals surface area contributed by atoms with Gasteiger partial charge in [-0.25, -0.2) is 9.98 Å². The first-order valence-electron chi connectivity index (χ1n) is 12.1. The molecule has 8 heteroatoms. The van der Waals surface area contributed by atoms with Gasteiger partial charge in [-0.2, -0.15) is 10.6 Å². The number of carbonyl (C=O) groups excluding carboxylic acids is 1. The summed E-state index contributed by atoms with van der Waals surface area (Å²) in [7, 11) is 0. The fourth-order valence-electron chi connectivity index (χ4n) is 3.40. The van der Waals surface area contributed by atoms with Crippen molar-refractivity contribution in [2.24, 2.45) is 10.4 Å². The number of quaternary nitrogens is 1. The number of hydroxylamine groups is 1. The molecule has 186 valence electrons. The summed E-state index contributed by atoms with van der Waals surface area (Å²) in [4.78, 5) is 26.7. The molecule has 8 nitrogen and oxygen atoms in total. The van der Waals surface area contributed by atoms with Crippen LogP contribution in [-0.4, -0.2) is 32.8 Å². The summed E-state index contributed by atoms with van der Waals surface area (Å²) < 4.78 is 0. The number of nitrogens with zero attached hydrogens (tertiary/aromatic N) is 3. The van der Waals surface area contributed by atoms with E-state index < -0.39 is 5.41 Å². The van der Waals surface area contributed by atoms with Crippen LogP contribution >= 0.6 is 0 Å². The number of aliphatic imine (C=N–C) groups is 1. The van der Waals surface area contributed by atoms with Gasteiger partial charge in [0.05, 0.1) is 28.7 Å². The normalized spacial score (nSPS) is 18.1. The summed E-state index contributed by atoms with van der Waals surface area (Å²) in [5, 5.41) is 13.1. The van der Waals surface area contributed by atoms with Crippen molar-refractivity contribution >= 4 is 17.2 Å². The first kappa shape index (κ1) is 26.2. The van der Waals surface area contributed by atoms with Crippen LogP contribution in [0, 0.1) is 5.41 Å². The van der Waals surface area contributed by atoms with E-state index in [2.05, 4.69) is 33.9 Å². The minimum absolute atomic E-state index is 0.155. The molecule has 1 heterocycles. The quantitative estimate of drug-likeness (QED) is 0.210. The molecule has 0 saturated heterocycles. The Labute approximate surface area is 207 Å². The lowest BCUT2D eigenvalue weighted by Crippen LogP contribution is -3.17. The molecule has 1 aromatic heterocycles. The Kier molecular flexibility index (Phi) is 8.53. The van der Waals surface area contributed by atoms with Gasteiger partial charge in [-0.3, -0.25) is 9.78 Å². The van der Waals surface area contributed by atoms with Crippen LogP contribution in [0.2, 0.25) is 0 Å². The van der Waals surface area contributed by atoms with Crippen molar-refractivity contribution in [2.75, 3.05) is 0 Å². The average Bonchev–Trinajstić information content (AvgIpc) is 3.72. The van der Waals surface area contributed by atoms with E-state index in [0.29, 0.717) is 17.3 Å². The molecule has 0 spiro atoms. The van der Waals surface area contributed by atoms with Gasteiger partial charge in [-0.05, 0) is 58.3 Å². The summed E-state index contributed by atoms with van der Waals surface area (Å²) >= 11 is 0. The van der Waals surface area contributed by atoms with Crippen LogP contribution in [0.1, 0.15) is 70.7 Å². The molecule has 4 N–H and O–H groups in total. The molecule has 35 heavy (non-hydrogen) atoms. The topological polar surface area (TPSA) is 104 Å². The molecule has 1 unspecified atom stereocenters. The van der Waals surface area contributed by atoms with Crippen molar-refractivity contribution in [2.45, 2.75) is 65.3 Å². The van der Waals surface area contributed by atoms with Gasteiger partial charge in [0.25, 0.3) is 0 Å². The lowest BCUT2D eigenvalue weighted by Gasteiger charge is -2.24. The first-order valence-corrected chi connectivity index (χ1v) is 12.1. The van der Waals surface area contributed by atoms with Crippen LogP contribution in [0.15, 0.2) is 72.4 Å². The monoisotopic (exact) mass is 477 g/mol. The predicted molar refractivity (Wildman–Crippen MR) is 138 cm³/mol. The van der Waals surface area contributed by atoms with Crippen LogP contribution in [0.3, 0.4) is 0 Å². The van der Waals surface area contributed by atoms with Gasteiger partial charge in [0, 0.05) is 30.7 Å². The van der Waals surface area contributed by atoms with Gasteiger partial charge in [0.2, 0.25) is 5.91 Å². The van der Waals surface area contributed by atoms with Gasteiger partial charge >= 0.3 is 0 Å². The molecular weight excluding hydrogens is 440 g/mol. The first-order chi connectivity index (χ1) is 16.6. The zero-order chi connectivity index (χ0) is 25.6. The van der Waals surface area contributed by atoms with Crippen LogP contribution < -0.4 is 15.9 Å². The number of amides is 1. The summed E-state index contributed by atoms with van der Waals surface area (Å²) in [6.07, 6.45) is 17.0. The number of nitrogens with one attached hydrogen (secondary N) is 3. The molecule has 2 aliphatic carbocycles. The molecule has 2 fully saturated rings. The largest absolute Gasteiger partial charge is 0.326 e. The van der Waals surface area contributed by atoms with E-state index >= 15 is 0 Å². The van der Waals surface area contributed by atoms with Crippen LogP contribution in [0.5, 0.6) is 0 Å². The SMILES string of the molecule is C=C(/C=C\C(=C/C)c1cncc(C2CC2)n1)NC(=O)C(C)(C)C(/C=C\C)=N/C(=C)N[NH+](O)C1CC1. The van der Waals surface area contributed by atoms with Crippen molar-refractivity contribution in [3.05, 3.63) is 78.8 Å². The Balaban J connectivity index is 1.65. The lowest BCUT2D eigenvalue weighted by molar-refractivity contribution is -1.13. The Morgan fingerprint density at radius 3 is 2.49 bits per heavy atom. The maximum atomic E-state index is 13.2. The summed E-state index contributed by atoms with van der Waals surface area (Å²) in [6, 6.07) is 0.155. The Morgan fingerprint density at radius 2 is 1.89 bits per heavy atom. The number of aromatic nitrogens is 2. The minimum atomic E-state index is -0.976. The molecule has 1 amide bonds. The third-order valence-electron chi connectivity index (χ3n) is 6.02. The van der Waals surface area contributed by atoms with Gasteiger partial charge < -0.3 is 5.32 Å². The maximum absolute atomic E-state index is 13.2. The number of rotatable bonds is 12. The highest BCUT2D eigenvalue weighted by atomic mass is 16.5. The number of hydrogen-bond donors (Lipinski definition) is 4. The fourth-order valence-corrected chi connectivity index (χ4v) is 3.40. The van der Waals surface area contributed by atoms with E-state index in [0.717, 1.165) is 29.8 Å². The van der Waals surface area contributed by atoms with E-state index in [9.17, 15) is 10.0 Å². The highest BCUT2D eigenvalue weighted by Crippen LogP contribution is 2.38. The Bertz CT molecular complexity index is 1090. The average molecular weight is 478 g/mol. The zero-order valence-electron chi connectivity index (χ0n) is 21.1. The zero-order valence-corrected chi connectivity index (χ0v) is 21.1. The van der Waals surface area contributed by atoms with Crippen molar-refractivity contribution in [3.63, 3.8) is 0 Å². The molecule has 0 radical (unpaired) electrons. The second kappa shape index (κ2) is 11.4. The number of allylic oxidation sites excluding steroid dienone is 6. The summed E-state index contributed by atoms with van der Waals surface area (Å²) in [6.45, 7) is 15.2. The van der Waals surface area contributed by atoms with E-state index in [1.165, 1.54) is 12.8 Å². The van der Waals surface area contributed by atoms with E-state index in [4.69, 9.17) is 4.98 Å². The standard InChI is InChI=1S/C27H36N6O2/c1-7-9-25(30-19(4)32-33(35)22-14-15-22)27(5,6)26(34)29-18(3)10-11-20(8-2)23-16-28-17-24(31-23)21-12-13-21/h7-11,16-17,21-22,32,35H,3-4,12-15H2,1-2,5-6H3,(H,29,34)/p+1/b9-7-,11-10-,20-8+,30-25+. The Hall–Kier alpha value is -3.36. The maximum Gasteiger partial charge on any atom is 0.236 e. The van der Waals surface area contributed by atoms with Crippen LogP contribution in [-0.2, 0) is 4.79 Å². The third kappa shape index (κ3) is 7.31. The molecule has 1 aromatic rings. The van der Waals surface area contributed by atoms with Crippen molar-refractivity contribution in [3.8, 4) is 0 Å². The second-order valence-corrected chi connectivity index (χ2v) is 9.51. The van der Waals surface area contributed by atoms with E-state index in [1.807, 2.05) is 38.3 Å². The van der Waals surface area contributed by atoms with Crippen LogP contribution in [0.4, 0.5) is 0 Å². The number of carbonyl (C=O) groups is 1. The molecule has 2 aliphatic rings.